The number of para-hydroxylation sites is 1. The van der Waals surface area contributed by atoms with Gasteiger partial charge >= 0.3 is 0 Å². The van der Waals surface area contributed by atoms with Crippen molar-refractivity contribution in [1.82, 2.24) is 9.55 Å². The number of hydrogen-bond acceptors (Lipinski definition) is 2. The first-order chi connectivity index (χ1) is 15.9. The third kappa shape index (κ3) is 2.43. The molecule has 3 heterocycles. The fourth-order valence-electron chi connectivity index (χ4n) is 4.91. The van der Waals surface area contributed by atoms with Crippen LogP contribution in [0.15, 0.2) is 109 Å². The highest BCUT2D eigenvalue weighted by Crippen LogP contribution is 2.43. The summed E-state index contributed by atoms with van der Waals surface area (Å²) in [5.41, 5.74) is 7.01. The Kier molecular flexibility index (Phi) is 3.75. The van der Waals surface area contributed by atoms with Crippen molar-refractivity contribution in [1.29, 1.82) is 0 Å². The lowest BCUT2D eigenvalue weighted by molar-refractivity contribution is 1.18. The maximum absolute atomic E-state index is 4.81. The average molecular weight is 427 g/mol. The van der Waals surface area contributed by atoms with Crippen molar-refractivity contribution < 1.29 is 0 Å². The van der Waals surface area contributed by atoms with E-state index in [9.17, 15) is 0 Å². The number of pyridine rings is 1. The highest BCUT2D eigenvalue weighted by Gasteiger charge is 2.20. The molecule has 0 aliphatic carbocycles. The lowest BCUT2D eigenvalue weighted by Gasteiger charge is -2.14. The number of rotatable bonds is 2. The van der Waals surface area contributed by atoms with Gasteiger partial charge in [-0.15, -0.1) is 11.3 Å². The van der Waals surface area contributed by atoms with Crippen LogP contribution in [0.5, 0.6) is 0 Å². The monoisotopic (exact) mass is 426 g/mol. The number of benzene rings is 4. The molecular formula is C29H18N2S. The third-order valence-electron chi connectivity index (χ3n) is 6.25. The van der Waals surface area contributed by atoms with Crippen molar-refractivity contribution in [3.63, 3.8) is 0 Å². The van der Waals surface area contributed by atoms with Gasteiger partial charge in [-0.05, 0) is 42.0 Å². The van der Waals surface area contributed by atoms with Crippen LogP contribution in [0.4, 0.5) is 0 Å². The third-order valence-corrected chi connectivity index (χ3v) is 7.39. The molecule has 0 amide bonds. The van der Waals surface area contributed by atoms with Crippen molar-refractivity contribution in [2.45, 2.75) is 0 Å². The minimum absolute atomic E-state index is 1.04. The summed E-state index contributed by atoms with van der Waals surface area (Å²) in [6.45, 7) is 0. The molecule has 150 valence electrons. The van der Waals surface area contributed by atoms with E-state index in [1.54, 1.807) is 0 Å². The summed E-state index contributed by atoms with van der Waals surface area (Å²) >= 11 is 1.86. The zero-order valence-electron chi connectivity index (χ0n) is 17.2. The Hall–Kier alpha value is -3.95. The van der Waals surface area contributed by atoms with Crippen molar-refractivity contribution >= 4 is 53.4 Å². The van der Waals surface area contributed by atoms with Gasteiger partial charge in [0.1, 0.15) is 0 Å². The molecular weight excluding hydrogens is 408 g/mol. The molecule has 0 atom stereocenters. The normalized spacial score (nSPS) is 11.8. The Balaban J connectivity index is 1.73. The van der Waals surface area contributed by atoms with E-state index in [1.807, 2.05) is 23.6 Å². The van der Waals surface area contributed by atoms with Crippen LogP contribution >= 0.6 is 11.3 Å². The molecule has 3 heteroatoms. The second kappa shape index (κ2) is 6.78. The predicted molar refractivity (Wildman–Crippen MR) is 137 cm³/mol. The first kappa shape index (κ1) is 17.7. The summed E-state index contributed by atoms with van der Waals surface area (Å²) in [6.07, 6.45) is 1.89. The summed E-state index contributed by atoms with van der Waals surface area (Å²) in [5.74, 6) is 0. The van der Waals surface area contributed by atoms with Crippen LogP contribution < -0.4 is 0 Å². The summed E-state index contributed by atoms with van der Waals surface area (Å²) in [6, 6.07) is 36.7. The second-order valence-electron chi connectivity index (χ2n) is 8.02. The minimum Gasteiger partial charge on any atom is -0.306 e. The van der Waals surface area contributed by atoms with E-state index in [0.29, 0.717) is 0 Å². The van der Waals surface area contributed by atoms with Gasteiger partial charge in [0.15, 0.2) is 0 Å². The Morgan fingerprint density at radius 3 is 2.38 bits per heavy atom. The summed E-state index contributed by atoms with van der Waals surface area (Å²) in [7, 11) is 0. The lowest BCUT2D eigenvalue weighted by Crippen LogP contribution is -1.97. The second-order valence-corrected chi connectivity index (χ2v) is 9.11. The molecule has 0 fully saturated rings. The van der Waals surface area contributed by atoms with E-state index >= 15 is 0 Å². The highest BCUT2D eigenvalue weighted by molar-refractivity contribution is 7.26. The Labute approximate surface area is 189 Å². The van der Waals surface area contributed by atoms with Gasteiger partial charge in [0.2, 0.25) is 0 Å². The Morgan fingerprint density at radius 2 is 1.44 bits per heavy atom. The molecule has 0 N–H and O–H groups in total. The van der Waals surface area contributed by atoms with Crippen LogP contribution in [0.25, 0.3) is 58.9 Å². The van der Waals surface area contributed by atoms with E-state index < -0.39 is 0 Å². The van der Waals surface area contributed by atoms with E-state index in [2.05, 4.69) is 102 Å². The zero-order chi connectivity index (χ0) is 21.1. The van der Waals surface area contributed by atoms with Gasteiger partial charge < -0.3 is 4.57 Å². The lowest BCUT2D eigenvalue weighted by atomic mass is 10.0. The molecule has 7 aromatic rings. The first-order valence-corrected chi connectivity index (χ1v) is 11.6. The molecule has 2 nitrogen and oxygen atoms in total. The molecule has 3 aromatic heterocycles. The number of thiophene rings is 1. The van der Waals surface area contributed by atoms with Gasteiger partial charge in [-0.3, -0.25) is 4.98 Å². The molecule has 0 bridgehead atoms. The molecule has 0 unspecified atom stereocenters. The van der Waals surface area contributed by atoms with Gasteiger partial charge in [-0.25, -0.2) is 0 Å². The zero-order valence-corrected chi connectivity index (χ0v) is 18.0. The van der Waals surface area contributed by atoms with Crippen molar-refractivity contribution in [3.05, 3.63) is 109 Å². The maximum Gasteiger partial charge on any atom is 0.0963 e. The molecule has 0 aliphatic heterocycles. The van der Waals surface area contributed by atoms with Crippen LogP contribution in [0.3, 0.4) is 0 Å². The minimum atomic E-state index is 1.04. The van der Waals surface area contributed by atoms with Crippen LogP contribution in [-0.4, -0.2) is 9.55 Å². The van der Waals surface area contributed by atoms with Crippen LogP contribution in [0.2, 0.25) is 0 Å². The molecule has 7 rings (SSSR count). The van der Waals surface area contributed by atoms with Gasteiger partial charge in [-0.2, -0.15) is 0 Å². The van der Waals surface area contributed by atoms with E-state index in [4.69, 9.17) is 4.98 Å². The number of aromatic nitrogens is 2. The van der Waals surface area contributed by atoms with Gasteiger partial charge in [0.05, 0.1) is 22.2 Å². The molecule has 0 saturated carbocycles. The highest BCUT2D eigenvalue weighted by atomic mass is 32.1. The molecule has 0 radical (unpaired) electrons. The van der Waals surface area contributed by atoms with Gasteiger partial charge in [0.25, 0.3) is 0 Å². The van der Waals surface area contributed by atoms with Crippen molar-refractivity contribution in [2.75, 3.05) is 0 Å². The van der Waals surface area contributed by atoms with E-state index in [1.165, 1.54) is 47.9 Å². The van der Waals surface area contributed by atoms with Crippen LogP contribution in [0.1, 0.15) is 0 Å². The SMILES string of the molecule is c1ccc(-c2ccccc2-n2c3cccnc3c3ccc4sc5ccccc5c4c32)cc1. The standard InChI is InChI=1S/C29H18N2S/c1-2-9-19(10-3-1)20-11-4-6-13-23(20)31-24-14-8-18-30-28(24)22-16-17-26-27(29(22)31)21-12-5-7-15-25(21)32-26/h1-18H. The average Bonchev–Trinajstić information content (AvgIpc) is 3.40. The Bertz CT molecular complexity index is 1770. The molecule has 0 aliphatic rings. The maximum atomic E-state index is 4.81. The summed E-state index contributed by atoms with van der Waals surface area (Å²) in [5, 5.41) is 3.81. The fourth-order valence-corrected chi connectivity index (χ4v) is 6.02. The molecule has 4 aromatic carbocycles. The van der Waals surface area contributed by atoms with Crippen LogP contribution in [0, 0.1) is 0 Å². The quantitative estimate of drug-likeness (QED) is 0.272. The molecule has 0 saturated heterocycles. The molecule has 32 heavy (non-hydrogen) atoms. The first-order valence-electron chi connectivity index (χ1n) is 10.7. The van der Waals surface area contributed by atoms with Crippen molar-refractivity contribution in [3.8, 4) is 16.8 Å². The van der Waals surface area contributed by atoms with Gasteiger partial charge in [0, 0.05) is 37.3 Å². The largest absolute Gasteiger partial charge is 0.306 e. The number of nitrogens with zero attached hydrogens (tertiary/aromatic N) is 2. The number of hydrogen-bond donors (Lipinski definition) is 0. The predicted octanol–water partition coefficient (Wildman–Crippen LogP) is 8.21. The summed E-state index contributed by atoms with van der Waals surface area (Å²) in [4.78, 5) is 4.81. The topological polar surface area (TPSA) is 17.8 Å². The fraction of sp³-hybridized carbons (Fsp3) is 0. The Morgan fingerprint density at radius 1 is 0.625 bits per heavy atom. The van der Waals surface area contributed by atoms with E-state index in [0.717, 1.165) is 11.0 Å². The van der Waals surface area contributed by atoms with Gasteiger partial charge in [-0.1, -0.05) is 66.7 Å². The smallest absolute Gasteiger partial charge is 0.0963 e. The summed E-state index contributed by atoms with van der Waals surface area (Å²) < 4.78 is 5.04. The van der Waals surface area contributed by atoms with E-state index in [-0.39, 0.29) is 0 Å². The molecule has 0 spiro atoms. The number of fused-ring (bicyclic) bond motifs is 7. The van der Waals surface area contributed by atoms with Crippen molar-refractivity contribution in [2.24, 2.45) is 0 Å². The van der Waals surface area contributed by atoms with Crippen LogP contribution in [-0.2, 0) is 0 Å².